The van der Waals surface area contributed by atoms with E-state index < -0.39 is 21.5 Å². The molecule has 1 aliphatic rings. The van der Waals surface area contributed by atoms with Gasteiger partial charge >= 0.3 is 0 Å². The van der Waals surface area contributed by atoms with Gasteiger partial charge in [-0.1, -0.05) is 0 Å². The van der Waals surface area contributed by atoms with Crippen LogP contribution >= 0.6 is 12.4 Å². The number of hydrogen-bond donors (Lipinski definition) is 2. The monoisotopic (exact) mass is 429 g/mol. The summed E-state index contributed by atoms with van der Waals surface area (Å²) in [5.41, 5.74) is 0.539. The van der Waals surface area contributed by atoms with Crippen LogP contribution in [0.1, 0.15) is 24.8 Å². The number of aliphatic hydroxyl groups excluding tert-OH is 1. The lowest BCUT2D eigenvalue weighted by atomic mass is 9.97. The van der Waals surface area contributed by atoms with Crippen molar-refractivity contribution in [2.45, 2.75) is 49.8 Å². The molecule has 0 spiro atoms. The topological polar surface area (TPSA) is 118 Å². The molecule has 10 heteroatoms. The Hall–Kier alpha value is -1.81. The Morgan fingerprint density at radius 2 is 2.11 bits per heavy atom. The normalized spacial score (nSPS) is 20.0. The Bertz CT molecular complexity index is 1050. The minimum atomic E-state index is -3.47. The van der Waals surface area contributed by atoms with Crippen molar-refractivity contribution in [3.8, 4) is 0 Å². The molecule has 28 heavy (non-hydrogen) atoms. The smallest absolute Gasteiger partial charge is 0.261 e. The predicted octanol–water partition coefficient (Wildman–Crippen LogP) is 0.602. The van der Waals surface area contributed by atoms with Gasteiger partial charge in [-0.05, 0) is 44.0 Å². The Balaban J connectivity index is 0.00000280. The number of rotatable bonds is 5. The first kappa shape index (κ1) is 22.5. The Morgan fingerprint density at radius 1 is 1.39 bits per heavy atom. The van der Waals surface area contributed by atoms with E-state index in [1.165, 1.54) is 23.0 Å². The number of benzene rings is 1. The van der Waals surface area contributed by atoms with Gasteiger partial charge in [0.15, 0.2) is 15.6 Å². The summed E-state index contributed by atoms with van der Waals surface area (Å²) in [5, 5.41) is 13.3. The molecule has 0 saturated carbocycles. The van der Waals surface area contributed by atoms with Gasteiger partial charge in [0, 0.05) is 18.7 Å². The zero-order chi connectivity index (χ0) is 19.8. The van der Waals surface area contributed by atoms with Crippen molar-refractivity contribution in [2.24, 2.45) is 0 Å². The molecule has 2 N–H and O–H groups in total. The van der Waals surface area contributed by atoms with Gasteiger partial charge in [0.2, 0.25) is 0 Å². The van der Waals surface area contributed by atoms with Crippen molar-refractivity contribution in [1.82, 2.24) is 14.9 Å². The van der Waals surface area contributed by atoms with Crippen LogP contribution in [-0.4, -0.2) is 53.8 Å². The van der Waals surface area contributed by atoms with Crippen LogP contribution in [-0.2, 0) is 21.2 Å². The number of fused-ring (bicyclic) bond motifs is 1. The molecule has 1 aromatic carbocycles. The van der Waals surface area contributed by atoms with Crippen molar-refractivity contribution in [3.63, 3.8) is 0 Å². The number of aromatic nitrogens is 2. The van der Waals surface area contributed by atoms with Gasteiger partial charge in [-0.25, -0.2) is 13.4 Å². The summed E-state index contributed by atoms with van der Waals surface area (Å²) in [6.07, 6.45) is 3.44. The highest BCUT2D eigenvalue weighted by molar-refractivity contribution is 7.90. The molecule has 1 saturated heterocycles. The SMILES string of the molecule is Cc1cc(S(C)(=O)=O)cc2c(=O)n(CC(=O)C[C@H]3NCCC[C@@H]3O)cnc12.Cl. The number of Topliss-reactive ketones (excluding diaryl/α,β-unsaturated/α-hetero) is 1. The number of nitrogens with one attached hydrogen (secondary N) is 1. The van der Waals surface area contributed by atoms with Gasteiger partial charge in [0.25, 0.3) is 5.56 Å². The highest BCUT2D eigenvalue weighted by atomic mass is 35.5. The summed E-state index contributed by atoms with van der Waals surface area (Å²) in [6.45, 7) is 2.27. The third kappa shape index (κ3) is 4.78. The third-order valence-electron chi connectivity index (χ3n) is 4.86. The maximum atomic E-state index is 12.8. The number of aryl methyl sites for hydroxylation is 1. The zero-order valence-electron chi connectivity index (χ0n) is 15.7. The second-order valence-electron chi connectivity index (χ2n) is 7.10. The fourth-order valence-electron chi connectivity index (χ4n) is 3.39. The molecule has 0 unspecified atom stereocenters. The first-order valence-electron chi connectivity index (χ1n) is 8.80. The quantitative estimate of drug-likeness (QED) is 0.714. The van der Waals surface area contributed by atoms with Gasteiger partial charge in [0.05, 0.1) is 34.8 Å². The van der Waals surface area contributed by atoms with Crippen LogP contribution in [0.5, 0.6) is 0 Å². The second-order valence-corrected chi connectivity index (χ2v) is 9.11. The van der Waals surface area contributed by atoms with Crippen molar-refractivity contribution >= 4 is 38.9 Å². The highest BCUT2D eigenvalue weighted by Gasteiger charge is 2.25. The van der Waals surface area contributed by atoms with E-state index in [0.29, 0.717) is 17.5 Å². The van der Waals surface area contributed by atoms with E-state index >= 15 is 0 Å². The van der Waals surface area contributed by atoms with Gasteiger partial charge in [0.1, 0.15) is 0 Å². The van der Waals surface area contributed by atoms with Crippen LogP contribution in [0.15, 0.2) is 28.2 Å². The van der Waals surface area contributed by atoms with Gasteiger partial charge in [-0.3, -0.25) is 14.2 Å². The molecular formula is C18H24ClN3O5S. The number of aliphatic hydroxyl groups is 1. The molecule has 8 nitrogen and oxygen atoms in total. The summed E-state index contributed by atoms with van der Waals surface area (Å²) in [6, 6.07) is 2.48. The summed E-state index contributed by atoms with van der Waals surface area (Å²) >= 11 is 0. The van der Waals surface area contributed by atoms with E-state index in [1.54, 1.807) is 6.92 Å². The molecule has 0 aliphatic carbocycles. The first-order valence-corrected chi connectivity index (χ1v) is 10.7. The largest absolute Gasteiger partial charge is 0.391 e. The standard InChI is InChI=1S/C18H23N3O5S.ClH/c1-11-6-13(27(2,25)26)8-14-17(11)20-10-21(18(14)24)9-12(22)7-15-16(23)4-3-5-19-15;/h6,8,10,15-16,19,23H,3-5,7,9H2,1-2H3;1H/t15-,16+;/m1./s1. The molecular weight excluding hydrogens is 406 g/mol. The summed E-state index contributed by atoms with van der Waals surface area (Å²) in [5.74, 6) is -0.201. The van der Waals surface area contributed by atoms with E-state index in [1.807, 2.05) is 0 Å². The molecule has 3 rings (SSSR count). The average Bonchev–Trinajstić information content (AvgIpc) is 2.59. The van der Waals surface area contributed by atoms with Gasteiger partial charge < -0.3 is 10.4 Å². The minimum Gasteiger partial charge on any atom is -0.391 e. The van der Waals surface area contributed by atoms with E-state index in [4.69, 9.17) is 0 Å². The number of nitrogens with zero attached hydrogens (tertiary/aromatic N) is 2. The molecule has 0 bridgehead atoms. The Morgan fingerprint density at radius 3 is 2.75 bits per heavy atom. The number of sulfone groups is 1. The molecule has 0 amide bonds. The lowest BCUT2D eigenvalue weighted by Crippen LogP contribution is -2.46. The van der Waals surface area contributed by atoms with Crippen molar-refractivity contribution in [1.29, 1.82) is 0 Å². The molecule has 2 atom stereocenters. The molecule has 1 aromatic heterocycles. The maximum absolute atomic E-state index is 12.8. The molecule has 2 aromatic rings. The van der Waals surface area contributed by atoms with Crippen molar-refractivity contribution < 1.29 is 18.3 Å². The van der Waals surface area contributed by atoms with E-state index in [9.17, 15) is 23.1 Å². The number of carbonyl (C=O) groups is 1. The first-order chi connectivity index (χ1) is 12.7. The minimum absolute atomic E-state index is 0. The lowest BCUT2D eigenvalue weighted by Gasteiger charge is -2.28. The fourth-order valence-corrected chi connectivity index (χ4v) is 4.11. The van der Waals surface area contributed by atoms with Crippen LogP contribution in [0.2, 0.25) is 0 Å². The number of ketones is 1. The Kier molecular flexibility index (Phi) is 6.97. The summed E-state index contributed by atoms with van der Waals surface area (Å²) < 4.78 is 24.9. The molecule has 1 fully saturated rings. The average molecular weight is 430 g/mol. The number of carbonyl (C=O) groups excluding carboxylic acids is 1. The van der Waals surface area contributed by atoms with E-state index in [0.717, 1.165) is 19.2 Å². The van der Waals surface area contributed by atoms with Crippen LogP contribution in [0.25, 0.3) is 10.9 Å². The zero-order valence-corrected chi connectivity index (χ0v) is 17.3. The van der Waals surface area contributed by atoms with E-state index in [-0.39, 0.29) is 47.5 Å². The molecule has 1 aliphatic heterocycles. The Labute approximate surface area is 169 Å². The summed E-state index contributed by atoms with van der Waals surface area (Å²) in [7, 11) is -3.47. The third-order valence-corrected chi connectivity index (χ3v) is 5.95. The predicted molar refractivity (Wildman–Crippen MR) is 108 cm³/mol. The fraction of sp³-hybridized carbons (Fsp3) is 0.500. The molecule has 0 radical (unpaired) electrons. The van der Waals surface area contributed by atoms with Crippen LogP contribution < -0.4 is 10.9 Å². The maximum Gasteiger partial charge on any atom is 0.261 e. The number of piperidine rings is 1. The lowest BCUT2D eigenvalue weighted by molar-refractivity contribution is -0.121. The van der Waals surface area contributed by atoms with Crippen LogP contribution in [0.4, 0.5) is 0 Å². The van der Waals surface area contributed by atoms with Crippen molar-refractivity contribution in [2.75, 3.05) is 12.8 Å². The number of halogens is 1. The highest BCUT2D eigenvalue weighted by Crippen LogP contribution is 2.19. The van der Waals surface area contributed by atoms with Gasteiger partial charge in [-0.15, -0.1) is 12.4 Å². The van der Waals surface area contributed by atoms with E-state index in [2.05, 4.69) is 10.3 Å². The number of hydrogen-bond acceptors (Lipinski definition) is 7. The summed E-state index contributed by atoms with van der Waals surface area (Å²) in [4.78, 5) is 29.4. The molecule has 154 valence electrons. The second kappa shape index (κ2) is 8.69. The van der Waals surface area contributed by atoms with Crippen LogP contribution in [0.3, 0.4) is 0 Å². The van der Waals surface area contributed by atoms with Crippen molar-refractivity contribution in [3.05, 3.63) is 34.4 Å². The molecule has 2 heterocycles. The van der Waals surface area contributed by atoms with Crippen LogP contribution in [0, 0.1) is 6.92 Å². The van der Waals surface area contributed by atoms with Gasteiger partial charge in [-0.2, -0.15) is 0 Å².